The van der Waals surface area contributed by atoms with Crippen molar-refractivity contribution in [3.63, 3.8) is 0 Å². The minimum atomic E-state index is 0.389. The van der Waals surface area contributed by atoms with E-state index >= 15 is 0 Å². The number of hydrogen-bond acceptors (Lipinski definition) is 3. The molecule has 1 aromatic carbocycles. The highest BCUT2D eigenvalue weighted by Gasteiger charge is 2.26. The molecule has 4 atom stereocenters. The lowest BCUT2D eigenvalue weighted by atomic mass is 9.76. The molecule has 1 aliphatic carbocycles. The fourth-order valence-corrected chi connectivity index (χ4v) is 5.11. The summed E-state index contributed by atoms with van der Waals surface area (Å²) in [7, 11) is 0. The molecule has 0 radical (unpaired) electrons. The highest BCUT2D eigenvalue weighted by molar-refractivity contribution is 6.02. The van der Waals surface area contributed by atoms with E-state index in [0.29, 0.717) is 11.9 Å². The molecule has 4 unspecified atom stereocenters. The predicted molar refractivity (Wildman–Crippen MR) is 127 cm³/mol. The number of nitrogens with zero attached hydrogens (tertiary/aromatic N) is 1. The van der Waals surface area contributed by atoms with Crippen LogP contribution in [-0.4, -0.2) is 11.9 Å². The van der Waals surface area contributed by atoms with Crippen molar-refractivity contribution in [3.8, 4) is 0 Å². The van der Waals surface area contributed by atoms with E-state index in [-0.39, 0.29) is 0 Å². The summed E-state index contributed by atoms with van der Waals surface area (Å²) in [6.07, 6.45) is 12.0. The monoisotopic (exact) mass is 400 g/mol. The second-order valence-electron chi connectivity index (χ2n) is 9.82. The Labute approximate surface area is 178 Å². The Hall–Kier alpha value is -1.71. The van der Waals surface area contributed by atoms with Crippen molar-refractivity contribution >= 4 is 11.5 Å². The summed E-state index contributed by atoms with van der Waals surface area (Å²) in [4.78, 5) is 0. The first-order valence-electron chi connectivity index (χ1n) is 11.8. The molecule has 4 heteroatoms. The van der Waals surface area contributed by atoms with Gasteiger partial charge in [0.25, 0.3) is 0 Å². The molecule has 4 nitrogen and oxygen atoms in total. The van der Waals surface area contributed by atoms with Crippen LogP contribution in [0.15, 0.2) is 29.4 Å². The Morgan fingerprint density at radius 2 is 1.83 bits per heavy atom. The maximum Gasteiger partial charge on any atom is 0.152 e. The van der Waals surface area contributed by atoms with Crippen molar-refractivity contribution < 1.29 is 0 Å². The third-order valence-corrected chi connectivity index (χ3v) is 6.70. The molecule has 0 amide bonds. The van der Waals surface area contributed by atoms with E-state index in [1.165, 1.54) is 57.8 Å². The maximum atomic E-state index is 5.98. The van der Waals surface area contributed by atoms with Crippen LogP contribution in [0.3, 0.4) is 0 Å². The normalized spacial score (nSPS) is 22.4. The lowest BCUT2D eigenvalue weighted by Gasteiger charge is -2.34. The lowest BCUT2D eigenvalue weighted by Crippen LogP contribution is -2.31. The van der Waals surface area contributed by atoms with Gasteiger partial charge in [0.1, 0.15) is 0 Å². The van der Waals surface area contributed by atoms with Gasteiger partial charge in [-0.05, 0) is 55.1 Å². The highest BCUT2D eigenvalue weighted by Crippen LogP contribution is 2.34. The summed E-state index contributed by atoms with van der Waals surface area (Å²) in [5.41, 5.74) is 7.93. The minimum absolute atomic E-state index is 0.389. The van der Waals surface area contributed by atoms with Gasteiger partial charge in [-0.25, -0.2) is 0 Å². The molecule has 5 N–H and O–H groups in total. The fourth-order valence-electron chi connectivity index (χ4n) is 5.11. The summed E-state index contributed by atoms with van der Waals surface area (Å²) >= 11 is 0. The SMILES string of the molecule is CC(C)CC(C)CCCCC(C)C1CCCC(Nc2ccccc2C(N)=NN)C1. The Morgan fingerprint density at radius 1 is 1.10 bits per heavy atom. The number of rotatable bonds is 11. The van der Waals surface area contributed by atoms with E-state index in [4.69, 9.17) is 11.6 Å². The number of para-hydroxylation sites is 1. The van der Waals surface area contributed by atoms with Gasteiger partial charge >= 0.3 is 0 Å². The van der Waals surface area contributed by atoms with Crippen molar-refractivity contribution in [2.75, 3.05) is 5.32 Å². The average Bonchev–Trinajstić information content (AvgIpc) is 2.70. The molecule has 1 aliphatic rings. The minimum Gasteiger partial charge on any atom is -0.382 e. The van der Waals surface area contributed by atoms with Crippen LogP contribution in [0.2, 0.25) is 0 Å². The third kappa shape index (κ3) is 7.91. The fraction of sp³-hybridized carbons (Fsp3) is 0.720. The topological polar surface area (TPSA) is 76.4 Å². The standard InChI is InChI=1S/C25H44N4/c1-18(2)16-19(3)10-5-6-11-20(4)21-12-9-13-22(17-21)28-24-15-8-7-14-23(24)25(26)29-27/h7-8,14-15,18-22,28H,5-6,9-13,16-17,27H2,1-4H3,(H2,26,29). The Balaban J connectivity index is 1.80. The van der Waals surface area contributed by atoms with Crippen molar-refractivity contribution in [3.05, 3.63) is 29.8 Å². The molecule has 0 bridgehead atoms. The Morgan fingerprint density at radius 3 is 2.55 bits per heavy atom. The molecule has 0 aromatic heterocycles. The molecule has 1 aromatic rings. The van der Waals surface area contributed by atoms with Crippen LogP contribution in [0.5, 0.6) is 0 Å². The molecule has 1 saturated carbocycles. The number of hydrogen-bond donors (Lipinski definition) is 3. The second kappa shape index (κ2) is 12.1. The zero-order chi connectivity index (χ0) is 21.2. The van der Waals surface area contributed by atoms with E-state index in [1.54, 1.807) is 0 Å². The molecular weight excluding hydrogens is 356 g/mol. The van der Waals surface area contributed by atoms with E-state index in [1.807, 2.05) is 18.2 Å². The van der Waals surface area contributed by atoms with Crippen molar-refractivity contribution in [1.82, 2.24) is 0 Å². The first-order valence-corrected chi connectivity index (χ1v) is 11.8. The van der Waals surface area contributed by atoms with Crippen LogP contribution >= 0.6 is 0 Å². The number of anilines is 1. The maximum absolute atomic E-state index is 5.98. The van der Waals surface area contributed by atoms with Crippen LogP contribution in [0.25, 0.3) is 0 Å². The molecule has 164 valence electrons. The van der Waals surface area contributed by atoms with E-state index in [9.17, 15) is 0 Å². The van der Waals surface area contributed by atoms with Gasteiger partial charge in [-0.15, -0.1) is 0 Å². The van der Waals surface area contributed by atoms with Gasteiger partial charge in [-0.3, -0.25) is 0 Å². The van der Waals surface area contributed by atoms with E-state index in [0.717, 1.165) is 34.9 Å². The van der Waals surface area contributed by atoms with Crippen molar-refractivity contribution in [2.24, 2.45) is 40.3 Å². The smallest absolute Gasteiger partial charge is 0.152 e. The summed E-state index contributed by atoms with van der Waals surface area (Å²) in [6, 6.07) is 8.59. The van der Waals surface area contributed by atoms with Crippen LogP contribution in [-0.2, 0) is 0 Å². The number of amidine groups is 1. The number of nitrogens with two attached hydrogens (primary N) is 2. The molecule has 1 fully saturated rings. The van der Waals surface area contributed by atoms with Gasteiger partial charge in [0.05, 0.1) is 0 Å². The van der Waals surface area contributed by atoms with E-state index in [2.05, 4.69) is 44.2 Å². The third-order valence-electron chi connectivity index (χ3n) is 6.70. The summed E-state index contributed by atoms with van der Waals surface area (Å²) in [5.74, 6) is 9.12. The van der Waals surface area contributed by atoms with Crippen LogP contribution in [0.1, 0.15) is 91.0 Å². The average molecular weight is 401 g/mol. The van der Waals surface area contributed by atoms with Gasteiger partial charge in [0.2, 0.25) is 0 Å². The van der Waals surface area contributed by atoms with Gasteiger partial charge in [-0.1, -0.05) is 78.4 Å². The Kier molecular flexibility index (Phi) is 9.83. The Bertz CT molecular complexity index is 625. The molecular formula is C25H44N4. The largest absolute Gasteiger partial charge is 0.382 e. The number of unbranched alkanes of at least 4 members (excludes halogenated alkanes) is 1. The van der Waals surface area contributed by atoms with Crippen LogP contribution < -0.4 is 16.9 Å². The summed E-state index contributed by atoms with van der Waals surface area (Å²) in [6.45, 7) is 9.56. The molecule has 0 saturated heterocycles. The molecule has 2 rings (SSSR count). The van der Waals surface area contributed by atoms with Crippen LogP contribution in [0, 0.1) is 23.7 Å². The predicted octanol–water partition coefficient (Wildman–Crippen LogP) is 6.12. The number of benzene rings is 1. The number of nitrogens with one attached hydrogen (secondary N) is 1. The second-order valence-corrected chi connectivity index (χ2v) is 9.82. The van der Waals surface area contributed by atoms with Crippen molar-refractivity contribution in [2.45, 2.75) is 91.5 Å². The van der Waals surface area contributed by atoms with Gasteiger partial charge < -0.3 is 16.9 Å². The quantitative estimate of drug-likeness (QED) is 0.138. The molecule has 0 aliphatic heterocycles. The number of hydrazone groups is 1. The molecule has 29 heavy (non-hydrogen) atoms. The van der Waals surface area contributed by atoms with Crippen molar-refractivity contribution in [1.29, 1.82) is 0 Å². The highest BCUT2D eigenvalue weighted by atomic mass is 15.2. The zero-order valence-electron chi connectivity index (χ0n) is 19.2. The lowest BCUT2D eigenvalue weighted by molar-refractivity contribution is 0.234. The van der Waals surface area contributed by atoms with Crippen LogP contribution in [0.4, 0.5) is 5.69 Å². The summed E-state index contributed by atoms with van der Waals surface area (Å²) < 4.78 is 0. The van der Waals surface area contributed by atoms with Gasteiger partial charge in [-0.2, -0.15) is 5.10 Å². The molecule has 0 spiro atoms. The summed E-state index contributed by atoms with van der Waals surface area (Å²) in [5, 5.41) is 7.41. The zero-order valence-corrected chi connectivity index (χ0v) is 19.2. The van der Waals surface area contributed by atoms with E-state index < -0.39 is 0 Å². The van der Waals surface area contributed by atoms with Gasteiger partial charge in [0.15, 0.2) is 5.84 Å². The van der Waals surface area contributed by atoms with Gasteiger partial charge in [0, 0.05) is 17.3 Å². The molecule has 0 heterocycles. The first kappa shape index (κ1) is 23.6. The first-order chi connectivity index (χ1) is 13.9.